The van der Waals surface area contributed by atoms with Crippen LogP contribution in [0.2, 0.25) is 0 Å². The first kappa shape index (κ1) is 19.2. The van der Waals surface area contributed by atoms with Crippen molar-refractivity contribution in [2.75, 3.05) is 0 Å². The summed E-state index contributed by atoms with van der Waals surface area (Å²) in [5, 5.41) is 8.26. The van der Waals surface area contributed by atoms with Crippen molar-refractivity contribution < 1.29 is 47.6 Å². The molecule has 0 rings (SSSR count). The molecular formula is C10H21NaO4S. The predicted molar refractivity (Wildman–Crippen MR) is 58.5 cm³/mol. The number of aliphatic hydroxyl groups is 1. The van der Waals surface area contributed by atoms with Crippen molar-refractivity contribution in [1.82, 2.24) is 0 Å². The van der Waals surface area contributed by atoms with Gasteiger partial charge in [0.25, 0.3) is 0 Å². The van der Waals surface area contributed by atoms with Gasteiger partial charge in [-0.1, -0.05) is 26.2 Å². The molecule has 0 aromatic rings. The number of hydrogen-bond acceptors (Lipinski definition) is 4. The van der Waals surface area contributed by atoms with Crippen LogP contribution in [0.3, 0.4) is 0 Å². The van der Waals surface area contributed by atoms with Gasteiger partial charge in [0, 0.05) is 5.25 Å². The summed E-state index contributed by atoms with van der Waals surface area (Å²) in [6, 6.07) is 0. The summed E-state index contributed by atoms with van der Waals surface area (Å²) >= 11 is 0. The molecule has 0 aromatic carbocycles. The van der Waals surface area contributed by atoms with Crippen LogP contribution in [0.1, 0.15) is 52.4 Å². The number of hydrogen-bond donors (Lipinski definition) is 1. The molecule has 1 N–H and O–H groups in total. The van der Waals surface area contributed by atoms with Crippen LogP contribution in [-0.4, -0.2) is 29.4 Å². The third-order valence-corrected chi connectivity index (χ3v) is 3.90. The molecule has 16 heavy (non-hydrogen) atoms. The van der Waals surface area contributed by atoms with Gasteiger partial charge in [0.1, 0.15) is 0 Å². The molecule has 92 valence electrons. The van der Waals surface area contributed by atoms with Crippen LogP contribution in [0.5, 0.6) is 0 Å². The van der Waals surface area contributed by atoms with Gasteiger partial charge in [-0.25, -0.2) is 8.42 Å². The van der Waals surface area contributed by atoms with Crippen molar-refractivity contribution in [2.24, 2.45) is 0 Å². The van der Waals surface area contributed by atoms with Gasteiger partial charge in [-0.15, -0.1) is 0 Å². The Labute approximate surface area is 121 Å². The maximum absolute atomic E-state index is 10.7. The summed E-state index contributed by atoms with van der Waals surface area (Å²) < 4.78 is 32.2. The molecule has 0 radical (unpaired) electrons. The van der Waals surface area contributed by atoms with Crippen molar-refractivity contribution in [2.45, 2.75) is 63.7 Å². The molecule has 4 nitrogen and oxygen atoms in total. The fraction of sp³-hybridized carbons (Fsp3) is 1.00. The summed E-state index contributed by atoms with van der Waals surface area (Å²) in [6.45, 7) is 3.45. The van der Waals surface area contributed by atoms with Gasteiger partial charge in [-0.3, -0.25) is 0 Å². The van der Waals surface area contributed by atoms with Crippen LogP contribution in [-0.2, 0) is 10.1 Å². The standard InChI is InChI=1S/C10H22O4S.Na/c1-3-10(15(12,13)14)8-6-4-5-7-9(2)11;/h9-11H,3-8H2,1-2H3,(H,12,13,14);/q;+1/p-1. The maximum Gasteiger partial charge on any atom is 1.00 e. The summed E-state index contributed by atoms with van der Waals surface area (Å²) in [7, 11) is -4.12. The first-order valence-corrected chi connectivity index (χ1v) is 6.97. The molecule has 0 amide bonds. The number of rotatable bonds is 8. The van der Waals surface area contributed by atoms with E-state index in [1.54, 1.807) is 13.8 Å². The number of aliphatic hydroxyl groups excluding tert-OH is 1. The van der Waals surface area contributed by atoms with Gasteiger partial charge < -0.3 is 9.66 Å². The Bertz CT molecular complexity index is 252. The van der Waals surface area contributed by atoms with E-state index in [1.165, 1.54) is 0 Å². The molecule has 0 aliphatic heterocycles. The monoisotopic (exact) mass is 260 g/mol. The fourth-order valence-electron chi connectivity index (χ4n) is 1.54. The SMILES string of the molecule is CCC(CCCCCC(C)O)S(=O)(=O)[O-].[Na+]. The van der Waals surface area contributed by atoms with Gasteiger partial charge in [-0.05, 0) is 26.2 Å². The summed E-state index contributed by atoms with van der Waals surface area (Å²) in [5.74, 6) is 0. The third kappa shape index (κ3) is 10.1. The van der Waals surface area contributed by atoms with E-state index < -0.39 is 15.4 Å². The Hall–Kier alpha value is 0.870. The first-order chi connectivity index (χ1) is 6.88. The average molecular weight is 260 g/mol. The molecule has 0 aliphatic rings. The molecule has 0 aliphatic carbocycles. The Morgan fingerprint density at radius 1 is 1.19 bits per heavy atom. The topological polar surface area (TPSA) is 77.4 Å². The summed E-state index contributed by atoms with van der Waals surface area (Å²) in [5.41, 5.74) is 0. The van der Waals surface area contributed by atoms with Crippen LogP contribution < -0.4 is 29.6 Å². The quantitative estimate of drug-likeness (QED) is 0.332. The van der Waals surface area contributed by atoms with Gasteiger partial charge in [0.05, 0.1) is 16.2 Å². The van der Waals surface area contributed by atoms with Crippen LogP contribution >= 0.6 is 0 Å². The van der Waals surface area contributed by atoms with E-state index in [2.05, 4.69) is 0 Å². The Balaban J connectivity index is 0. The van der Waals surface area contributed by atoms with Crippen molar-refractivity contribution in [1.29, 1.82) is 0 Å². The average Bonchev–Trinajstić information content (AvgIpc) is 2.08. The van der Waals surface area contributed by atoms with Crippen LogP contribution in [0.15, 0.2) is 0 Å². The van der Waals surface area contributed by atoms with E-state index in [4.69, 9.17) is 5.11 Å². The van der Waals surface area contributed by atoms with E-state index in [-0.39, 0.29) is 35.7 Å². The van der Waals surface area contributed by atoms with E-state index >= 15 is 0 Å². The molecule has 0 saturated heterocycles. The molecule has 0 heterocycles. The second-order valence-corrected chi connectivity index (χ2v) is 5.66. The summed E-state index contributed by atoms with van der Waals surface area (Å²) in [6.07, 6.45) is 3.78. The zero-order valence-electron chi connectivity index (χ0n) is 10.5. The largest absolute Gasteiger partial charge is 1.00 e. The zero-order valence-corrected chi connectivity index (χ0v) is 13.3. The molecule has 0 bridgehead atoms. The molecule has 2 unspecified atom stereocenters. The molecule has 0 aromatic heterocycles. The van der Waals surface area contributed by atoms with Crippen molar-refractivity contribution in [3.8, 4) is 0 Å². The van der Waals surface area contributed by atoms with E-state index in [0.29, 0.717) is 12.8 Å². The molecule has 2 atom stereocenters. The Morgan fingerprint density at radius 2 is 1.69 bits per heavy atom. The minimum absolute atomic E-state index is 0. The Morgan fingerprint density at radius 3 is 2.06 bits per heavy atom. The van der Waals surface area contributed by atoms with E-state index in [0.717, 1.165) is 25.7 Å². The smallest absolute Gasteiger partial charge is 0.748 e. The minimum atomic E-state index is -4.12. The zero-order chi connectivity index (χ0) is 11.9. The van der Waals surface area contributed by atoms with Crippen LogP contribution in [0.4, 0.5) is 0 Å². The van der Waals surface area contributed by atoms with Crippen LogP contribution in [0, 0.1) is 0 Å². The second-order valence-electron chi connectivity index (χ2n) is 4.01. The van der Waals surface area contributed by atoms with Gasteiger partial charge in [-0.2, -0.15) is 0 Å². The van der Waals surface area contributed by atoms with Crippen molar-refractivity contribution >= 4 is 10.1 Å². The number of unbranched alkanes of at least 4 members (excludes halogenated alkanes) is 2. The molecule has 0 saturated carbocycles. The van der Waals surface area contributed by atoms with Gasteiger partial charge >= 0.3 is 29.6 Å². The maximum atomic E-state index is 10.7. The summed E-state index contributed by atoms with van der Waals surface area (Å²) in [4.78, 5) is 0. The van der Waals surface area contributed by atoms with Gasteiger partial charge in [0.2, 0.25) is 0 Å². The fourth-order valence-corrected chi connectivity index (χ4v) is 2.40. The third-order valence-electron chi connectivity index (χ3n) is 2.51. The van der Waals surface area contributed by atoms with E-state index in [1.807, 2.05) is 0 Å². The van der Waals surface area contributed by atoms with Crippen molar-refractivity contribution in [3.05, 3.63) is 0 Å². The van der Waals surface area contributed by atoms with Crippen LogP contribution in [0.25, 0.3) is 0 Å². The Kier molecular flexibility index (Phi) is 11.8. The van der Waals surface area contributed by atoms with Gasteiger partial charge in [0.15, 0.2) is 0 Å². The predicted octanol–water partition coefficient (Wildman–Crippen LogP) is -1.35. The van der Waals surface area contributed by atoms with Crippen molar-refractivity contribution in [3.63, 3.8) is 0 Å². The first-order valence-electron chi connectivity index (χ1n) is 5.50. The van der Waals surface area contributed by atoms with E-state index in [9.17, 15) is 13.0 Å². The minimum Gasteiger partial charge on any atom is -0.748 e. The molecule has 6 heteroatoms. The second kappa shape index (κ2) is 9.85. The molecule has 0 fully saturated rings. The molecule has 0 spiro atoms. The molecular weight excluding hydrogens is 239 g/mol. The normalized spacial score (nSPS) is 15.2.